The number of β-amino-alcohol motifs (C(OH)–C–C–N with tert-alkyl or cyclic N) is 1. The standard InChI is InChI=1S/C17H24N4O2/c1-13-10-20(12-17-19-18-14(2)23-17)8-9-21(13)11-16(22)15-6-4-3-5-7-15/h3-7,13,16,22H,8-12H2,1-2H3/t13-,16+/m1/s1. The van der Waals surface area contributed by atoms with Gasteiger partial charge in [0.1, 0.15) is 0 Å². The molecule has 2 atom stereocenters. The summed E-state index contributed by atoms with van der Waals surface area (Å²) in [5.74, 6) is 1.28. The second-order valence-electron chi connectivity index (χ2n) is 6.22. The second kappa shape index (κ2) is 7.21. The van der Waals surface area contributed by atoms with Gasteiger partial charge in [0.25, 0.3) is 0 Å². The highest BCUT2D eigenvalue weighted by Gasteiger charge is 2.26. The van der Waals surface area contributed by atoms with Gasteiger partial charge >= 0.3 is 0 Å². The van der Waals surface area contributed by atoms with E-state index in [1.807, 2.05) is 37.3 Å². The number of rotatable bonds is 5. The number of benzene rings is 1. The molecular formula is C17H24N4O2. The van der Waals surface area contributed by atoms with Crippen molar-refractivity contribution in [3.63, 3.8) is 0 Å². The smallest absolute Gasteiger partial charge is 0.230 e. The Morgan fingerprint density at radius 2 is 2.04 bits per heavy atom. The van der Waals surface area contributed by atoms with Gasteiger partial charge in [-0.05, 0) is 12.5 Å². The molecule has 2 heterocycles. The number of aliphatic hydroxyl groups excluding tert-OH is 1. The maximum absolute atomic E-state index is 10.4. The summed E-state index contributed by atoms with van der Waals surface area (Å²) in [7, 11) is 0. The minimum absolute atomic E-state index is 0.381. The van der Waals surface area contributed by atoms with Gasteiger partial charge in [0, 0.05) is 39.1 Å². The van der Waals surface area contributed by atoms with Crippen molar-refractivity contribution < 1.29 is 9.52 Å². The topological polar surface area (TPSA) is 65.6 Å². The van der Waals surface area contributed by atoms with Gasteiger partial charge in [-0.1, -0.05) is 30.3 Å². The highest BCUT2D eigenvalue weighted by atomic mass is 16.4. The predicted octanol–water partition coefficient (Wildman–Crippen LogP) is 1.62. The summed E-state index contributed by atoms with van der Waals surface area (Å²) in [6.45, 7) is 8.16. The number of nitrogens with zero attached hydrogens (tertiary/aromatic N) is 4. The van der Waals surface area contributed by atoms with E-state index in [0.29, 0.717) is 30.9 Å². The Labute approximate surface area is 136 Å². The molecule has 0 radical (unpaired) electrons. The van der Waals surface area contributed by atoms with Crippen LogP contribution in [0.5, 0.6) is 0 Å². The van der Waals surface area contributed by atoms with Gasteiger partial charge in [0.2, 0.25) is 11.8 Å². The summed E-state index contributed by atoms with van der Waals surface area (Å²) < 4.78 is 5.45. The fourth-order valence-electron chi connectivity index (χ4n) is 3.08. The van der Waals surface area contributed by atoms with Crippen molar-refractivity contribution in [2.75, 3.05) is 26.2 Å². The third kappa shape index (κ3) is 4.16. The highest BCUT2D eigenvalue weighted by molar-refractivity contribution is 5.17. The zero-order valence-corrected chi connectivity index (χ0v) is 13.7. The van der Waals surface area contributed by atoms with Crippen molar-refractivity contribution in [2.24, 2.45) is 0 Å². The van der Waals surface area contributed by atoms with Gasteiger partial charge in [0.15, 0.2) is 0 Å². The molecule has 6 heteroatoms. The second-order valence-corrected chi connectivity index (χ2v) is 6.22. The van der Waals surface area contributed by atoms with Crippen molar-refractivity contribution in [2.45, 2.75) is 32.5 Å². The van der Waals surface area contributed by atoms with Gasteiger partial charge in [0.05, 0.1) is 12.6 Å². The molecule has 1 fully saturated rings. The molecular weight excluding hydrogens is 292 g/mol. The first kappa shape index (κ1) is 16.1. The molecule has 0 unspecified atom stereocenters. The van der Waals surface area contributed by atoms with Gasteiger partial charge < -0.3 is 9.52 Å². The van der Waals surface area contributed by atoms with E-state index < -0.39 is 6.10 Å². The fourth-order valence-corrected chi connectivity index (χ4v) is 3.08. The number of piperazine rings is 1. The molecule has 3 rings (SSSR count). The lowest BCUT2D eigenvalue weighted by molar-refractivity contribution is 0.0334. The first-order valence-electron chi connectivity index (χ1n) is 8.10. The van der Waals surface area contributed by atoms with Gasteiger partial charge in [-0.25, -0.2) is 0 Å². The molecule has 1 aromatic heterocycles. The maximum Gasteiger partial charge on any atom is 0.230 e. The van der Waals surface area contributed by atoms with Crippen molar-refractivity contribution in [3.8, 4) is 0 Å². The molecule has 0 bridgehead atoms. The van der Waals surface area contributed by atoms with Crippen LogP contribution in [0.1, 0.15) is 30.4 Å². The summed E-state index contributed by atoms with van der Waals surface area (Å²) in [6.07, 6.45) is -0.441. The van der Waals surface area contributed by atoms with Crippen LogP contribution < -0.4 is 0 Å². The summed E-state index contributed by atoms with van der Waals surface area (Å²) in [6, 6.07) is 10.2. The number of aryl methyl sites for hydroxylation is 1. The average Bonchev–Trinajstić information content (AvgIpc) is 2.96. The Hall–Kier alpha value is -1.76. The summed E-state index contributed by atoms with van der Waals surface area (Å²) in [4.78, 5) is 4.66. The SMILES string of the molecule is Cc1nnc(CN2CCN(C[C@H](O)c3ccccc3)[C@H](C)C2)o1. The monoisotopic (exact) mass is 316 g/mol. The van der Waals surface area contributed by atoms with E-state index in [2.05, 4.69) is 26.9 Å². The molecule has 0 saturated carbocycles. The molecule has 23 heavy (non-hydrogen) atoms. The molecule has 1 aliphatic heterocycles. The van der Waals surface area contributed by atoms with E-state index in [0.717, 1.165) is 25.2 Å². The van der Waals surface area contributed by atoms with E-state index in [1.54, 1.807) is 0 Å². The van der Waals surface area contributed by atoms with E-state index in [1.165, 1.54) is 0 Å². The van der Waals surface area contributed by atoms with Crippen LogP contribution in [0.25, 0.3) is 0 Å². The van der Waals surface area contributed by atoms with Crippen molar-refractivity contribution in [1.29, 1.82) is 0 Å². The van der Waals surface area contributed by atoms with E-state index >= 15 is 0 Å². The van der Waals surface area contributed by atoms with E-state index in [9.17, 15) is 5.11 Å². The minimum Gasteiger partial charge on any atom is -0.424 e. The van der Waals surface area contributed by atoms with Crippen LogP contribution in [-0.2, 0) is 6.54 Å². The Morgan fingerprint density at radius 3 is 2.70 bits per heavy atom. The van der Waals surface area contributed by atoms with Crippen LogP contribution in [0.4, 0.5) is 0 Å². The van der Waals surface area contributed by atoms with Crippen LogP contribution in [-0.4, -0.2) is 57.3 Å². The molecule has 2 aromatic rings. The lowest BCUT2D eigenvalue weighted by Crippen LogP contribution is -2.52. The molecule has 1 aliphatic rings. The van der Waals surface area contributed by atoms with Crippen LogP contribution in [0.15, 0.2) is 34.7 Å². The number of hydrogen-bond acceptors (Lipinski definition) is 6. The quantitative estimate of drug-likeness (QED) is 0.904. The molecule has 124 valence electrons. The third-order valence-corrected chi connectivity index (χ3v) is 4.37. The van der Waals surface area contributed by atoms with Gasteiger partial charge in [-0.3, -0.25) is 9.80 Å². The summed E-state index contributed by atoms with van der Waals surface area (Å²) in [5, 5.41) is 18.3. The molecule has 0 aliphatic carbocycles. The van der Waals surface area contributed by atoms with Crippen molar-refractivity contribution in [1.82, 2.24) is 20.0 Å². The summed E-state index contributed by atoms with van der Waals surface area (Å²) in [5.41, 5.74) is 0.975. The predicted molar refractivity (Wildman–Crippen MR) is 86.7 cm³/mol. The average molecular weight is 316 g/mol. The highest BCUT2D eigenvalue weighted by Crippen LogP contribution is 2.18. The van der Waals surface area contributed by atoms with Gasteiger partial charge in [-0.2, -0.15) is 0 Å². The van der Waals surface area contributed by atoms with E-state index in [4.69, 9.17) is 4.42 Å². The minimum atomic E-state index is -0.441. The molecule has 1 N–H and O–H groups in total. The third-order valence-electron chi connectivity index (χ3n) is 4.37. The fraction of sp³-hybridized carbons (Fsp3) is 0.529. The Kier molecular flexibility index (Phi) is 5.05. The zero-order chi connectivity index (χ0) is 16.2. The lowest BCUT2D eigenvalue weighted by atomic mass is 10.1. The molecule has 0 amide bonds. The Bertz CT molecular complexity index is 616. The number of aromatic nitrogens is 2. The van der Waals surface area contributed by atoms with Gasteiger partial charge in [-0.15, -0.1) is 10.2 Å². The Morgan fingerprint density at radius 1 is 1.26 bits per heavy atom. The largest absolute Gasteiger partial charge is 0.424 e. The zero-order valence-electron chi connectivity index (χ0n) is 13.7. The number of hydrogen-bond donors (Lipinski definition) is 1. The molecule has 1 aromatic carbocycles. The van der Waals surface area contributed by atoms with Crippen LogP contribution in [0.3, 0.4) is 0 Å². The summed E-state index contributed by atoms with van der Waals surface area (Å²) >= 11 is 0. The first-order chi connectivity index (χ1) is 11.1. The van der Waals surface area contributed by atoms with Crippen LogP contribution in [0, 0.1) is 6.92 Å². The van der Waals surface area contributed by atoms with Crippen LogP contribution in [0.2, 0.25) is 0 Å². The van der Waals surface area contributed by atoms with Crippen molar-refractivity contribution in [3.05, 3.63) is 47.7 Å². The number of aliphatic hydroxyl groups is 1. The van der Waals surface area contributed by atoms with E-state index in [-0.39, 0.29) is 0 Å². The van der Waals surface area contributed by atoms with Crippen LogP contribution >= 0.6 is 0 Å². The molecule has 6 nitrogen and oxygen atoms in total. The first-order valence-corrected chi connectivity index (χ1v) is 8.10. The normalized spacial score (nSPS) is 21.4. The lowest BCUT2D eigenvalue weighted by Gasteiger charge is -2.40. The molecule has 0 spiro atoms. The molecule has 1 saturated heterocycles. The Balaban J connectivity index is 1.52. The maximum atomic E-state index is 10.4. The van der Waals surface area contributed by atoms with Crippen molar-refractivity contribution >= 4 is 0 Å².